The number of hydrogen-bond donors (Lipinski definition) is 0. The fourth-order valence-corrected chi connectivity index (χ4v) is 1.95. The van der Waals surface area contributed by atoms with Crippen LogP contribution in [0.2, 0.25) is 0 Å². The van der Waals surface area contributed by atoms with Gasteiger partial charge in [0.05, 0.1) is 19.4 Å². The van der Waals surface area contributed by atoms with E-state index < -0.39 is 24.0 Å². The Hall–Kier alpha value is -2.04. The first-order valence-corrected chi connectivity index (χ1v) is 5.16. The Bertz CT molecular complexity index is 454. The molecular weight excluding hydrogens is 224 g/mol. The quantitative estimate of drug-likeness (QED) is 0.692. The molecule has 0 bridgehead atoms. The number of hydrogen-bond acceptors (Lipinski definition) is 5. The Balaban J connectivity index is 2.38. The minimum Gasteiger partial charge on any atom is -0.550 e. The minimum absolute atomic E-state index is 0.162. The average molecular weight is 235 g/mol. The van der Waals surface area contributed by atoms with E-state index in [2.05, 4.69) is 0 Å². The molecule has 1 aromatic rings. The molecule has 0 radical (unpaired) electrons. The van der Waals surface area contributed by atoms with Crippen LogP contribution in [0.3, 0.4) is 0 Å². The predicted octanol–water partition coefficient (Wildman–Crippen LogP) is 0.0493. The number of benzene rings is 1. The van der Waals surface area contributed by atoms with Crippen LogP contribution in [0, 0.1) is 5.92 Å². The number of para-hydroxylation sites is 1. The highest BCUT2D eigenvalue weighted by atomic mass is 16.6. The van der Waals surface area contributed by atoms with Crippen molar-refractivity contribution in [1.29, 1.82) is 0 Å². The van der Waals surface area contributed by atoms with E-state index in [0.29, 0.717) is 11.3 Å². The van der Waals surface area contributed by atoms with Gasteiger partial charge in [0.25, 0.3) is 0 Å². The number of carbonyl (C=O) groups excluding carboxylic acids is 2. The maximum Gasteiger partial charge on any atom is 0.307 e. The third-order valence-corrected chi connectivity index (χ3v) is 2.76. The van der Waals surface area contributed by atoms with Crippen molar-refractivity contribution in [2.45, 2.75) is 12.5 Å². The molecule has 1 aromatic carbocycles. The van der Waals surface area contributed by atoms with E-state index >= 15 is 0 Å². The molecule has 0 unspecified atom stereocenters. The first kappa shape index (κ1) is 11.4. The fourth-order valence-electron chi connectivity index (χ4n) is 1.95. The Morgan fingerprint density at radius 3 is 2.82 bits per heavy atom. The molecule has 1 fully saturated rings. The molecule has 2 rings (SSSR count). The molecule has 0 spiro atoms. The van der Waals surface area contributed by atoms with Gasteiger partial charge in [-0.25, -0.2) is 0 Å². The van der Waals surface area contributed by atoms with Gasteiger partial charge in [-0.05, 0) is 6.07 Å². The second-order valence-corrected chi connectivity index (χ2v) is 3.78. The zero-order chi connectivity index (χ0) is 12.4. The van der Waals surface area contributed by atoms with Crippen LogP contribution >= 0.6 is 0 Å². The molecule has 1 aliphatic heterocycles. The monoisotopic (exact) mass is 235 g/mol. The van der Waals surface area contributed by atoms with Gasteiger partial charge in [-0.15, -0.1) is 0 Å². The van der Waals surface area contributed by atoms with E-state index in [-0.39, 0.29) is 6.42 Å². The Morgan fingerprint density at radius 2 is 2.18 bits per heavy atom. The molecule has 0 aromatic heterocycles. The third kappa shape index (κ3) is 2.08. The number of carboxylic acids is 1. The summed E-state index contributed by atoms with van der Waals surface area (Å²) in [7, 11) is 1.48. The lowest BCUT2D eigenvalue weighted by Crippen LogP contribution is -2.33. The number of esters is 1. The summed E-state index contributed by atoms with van der Waals surface area (Å²) < 4.78 is 10.1. The normalized spacial score (nSPS) is 23.2. The van der Waals surface area contributed by atoms with E-state index in [1.165, 1.54) is 7.11 Å². The molecule has 17 heavy (non-hydrogen) atoms. The summed E-state index contributed by atoms with van der Waals surface area (Å²) in [6.07, 6.45) is -0.992. The maximum absolute atomic E-state index is 11.2. The molecule has 5 heteroatoms. The fraction of sp³-hybridized carbons (Fsp3) is 0.333. The summed E-state index contributed by atoms with van der Waals surface area (Å²) in [6.45, 7) is 0. The van der Waals surface area contributed by atoms with Gasteiger partial charge in [-0.3, -0.25) is 4.79 Å². The summed E-state index contributed by atoms with van der Waals surface area (Å²) in [5.74, 6) is -2.28. The summed E-state index contributed by atoms with van der Waals surface area (Å²) >= 11 is 0. The molecule has 0 aliphatic carbocycles. The van der Waals surface area contributed by atoms with Crippen molar-refractivity contribution in [1.82, 2.24) is 0 Å². The van der Waals surface area contributed by atoms with Gasteiger partial charge in [0.2, 0.25) is 0 Å². The zero-order valence-electron chi connectivity index (χ0n) is 9.21. The van der Waals surface area contributed by atoms with Crippen molar-refractivity contribution in [3.63, 3.8) is 0 Å². The van der Waals surface area contributed by atoms with Gasteiger partial charge in [0.1, 0.15) is 11.9 Å². The standard InChI is InChI=1S/C12H12O5/c1-16-9-5-3-2-4-7(9)11-8(12(14)15)6-10(13)17-11/h2-5,8,11H,6H2,1H3,(H,14,15)/p-1/t8-,11+/m0/s1. The number of ether oxygens (including phenoxy) is 2. The predicted molar refractivity (Wildman–Crippen MR) is 54.9 cm³/mol. The number of methoxy groups -OCH3 is 1. The SMILES string of the molecule is COc1ccccc1[C@H]1OC(=O)C[C@@H]1C(=O)[O-]. The van der Waals surface area contributed by atoms with Crippen molar-refractivity contribution in [3.8, 4) is 5.75 Å². The number of cyclic esters (lactones) is 1. The van der Waals surface area contributed by atoms with Gasteiger partial charge in [-0.1, -0.05) is 18.2 Å². The first-order chi connectivity index (χ1) is 8.13. The first-order valence-electron chi connectivity index (χ1n) is 5.16. The van der Waals surface area contributed by atoms with Crippen LogP contribution in [0.15, 0.2) is 24.3 Å². The van der Waals surface area contributed by atoms with Crippen LogP contribution < -0.4 is 9.84 Å². The van der Waals surface area contributed by atoms with Gasteiger partial charge < -0.3 is 19.4 Å². The molecule has 90 valence electrons. The minimum atomic E-state index is -1.29. The number of carboxylic acid groups (broad SMARTS) is 1. The van der Waals surface area contributed by atoms with Crippen LogP contribution in [-0.2, 0) is 14.3 Å². The second-order valence-electron chi connectivity index (χ2n) is 3.78. The molecule has 0 amide bonds. The summed E-state index contributed by atoms with van der Waals surface area (Å²) in [4.78, 5) is 22.1. The molecule has 1 heterocycles. The number of rotatable bonds is 3. The van der Waals surface area contributed by atoms with E-state index in [0.717, 1.165) is 0 Å². The maximum atomic E-state index is 11.2. The van der Waals surface area contributed by atoms with Gasteiger partial charge in [0, 0.05) is 11.5 Å². The van der Waals surface area contributed by atoms with E-state index in [1.807, 2.05) is 0 Å². The molecular formula is C12H11O5-. The third-order valence-electron chi connectivity index (χ3n) is 2.76. The van der Waals surface area contributed by atoms with Crippen molar-refractivity contribution in [2.75, 3.05) is 7.11 Å². The van der Waals surface area contributed by atoms with Crippen LogP contribution in [-0.4, -0.2) is 19.0 Å². The van der Waals surface area contributed by atoms with Crippen LogP contribution in [0.5, 0.6) is 5.75 Å². The number of aliphatic carboxylic acids is 1. The van der Waals surface area contributed by atoms with E-state index in [9.17, 15) is 14.7 Å². The van der Waals surface area contributed by atoms with E-state index in [4.69, 9.17) is 9.47 Å². The van der Waals surface area contributed by atoms with Crippen LogP contribution in [0.25, 0.3) is 0 Å². The smallest absolute Gasteiger partial charge is 0.307 e. The van der Waals surface area contributed by atoms with Gasteiger partial charge >= 0.3 is 5.97 Å². The van der Waals surface area contributed by atoms with Crippen molar-refractivity contribution in [3.05, 3.63) is 29.8 Å². The van der Waals surface area contributed by atoms with Crippen LogP contribution in [0.4, 0.5) is 0 Å². The second kappa shape index (κ2) is 4.45. The summed E-state index contributed by atoms with van der Waals surface area (Å²) in [5, 5.41) is 10.9. The highest BCUT2D eigenvalue weighted by molar-refractivity contribution is 5.82. The Labute approximate surface area is 98.0 Å². The number of carbonyl (C=O) groups is 2. The topological polar surface area (TPSA) is 75.7 Å². The Morgan fingerprint density at radius 1 is 1.47 bits per heavy atom. The molecule has 0 saturated carbocycles. The highest BCUT2D eigenvalue weighted by Crippen LogP contribution is 2.39. The lowest BCUT2D eigenvalue weighted by molar-refractivity contribution is -0.312. The van der Waals surface area contributed by atoms with Crippen molar-refractivity contribution in [2.24, 2.45) is 5.92 Å². The summed E-state index contributed by atoms with van der Waals surface area (Å²) in [5.41, 5.74) is 0.551. The largest absolute Gasteiger partial charge is 0.550 e. The highest BCUT2D eigenvalue weighted by Gasteiger charge is 2.38. The molecule has 1 aliphatic rings. The molecule has 5 nitrogen and oxygen atoms in total. The van der Waals surface area contributed by atoms with Crippen molar-refractivity contribution >= 4 is 11.9 Å². The van der Waals surface area contributed by atoms with Gasteiger partial charge in [0.15, 0.2) is 0 Å². The average Bonchev–Trinajstić information content (AvgIpc) is 2.71. The molecule has 1 saturated heterocycles. The molecule has 0 N–H and O–H groups in total. The van der Waals surface area contributed by atoms with E-state index in [1.54, 1.807) is 24.3 Å². The van der Waals surface area contributed by atoms with Gasteiger partial charge in [-0.2, -0.15) is 0 Å². The summed E-state index contributed by atoms with van der Waals surface area (Å²) in [6, 6.07) is 6.86. The molecule has 2 atom stereocenters. The van der Waals surface area contributed by atoms with Crippen molar-refractivity contribution < 1.29 is 24.2 Å². The van der Waals surface area contributed by atoms with Crippen LogP contribution in [0.1, 0.15) is 18.1 Å². The zero-order valence-corrected chi connectivity index (χ0v) is 9.21. The Kier molecular flexibility index (Phi) is 2.99. The lowest BCUT2D eigenvalue weighted by atomic mass is 9.95. The lowest BCUT2D eigenvalue weighted by Gasteiger charge is -2.20.